The van der Waals surface area contributed by atoms with Gasteiger partial charge in [-0.15, -0.1) is 0 Å². The van der Waals surface area contributed by atoms with Crippen molar-refractivity contribution in [3.05, 3.63) is 24.3 Å². The predicted octanol–water partition coefficient (Wildman–Crippen LogP) is 3.23. The zero-order chi connectivity index (χ0) is 15.0. The topological polar surface area (TPSA) is 63.6 Å². The molecule has 1 rings (SSSR count). The summed E-state index contributed by atoms with van der Waals surface area (Å²) in [7, 11) is -0.0189. The molecule has 0 saturated heterocycles. The molecule has 5 heteroatoms. The summed E-state index contributed by atoms with van der Waals surface area (Å²) in [6.45, 7) is 2.10. The van der Waals surface area contributed by atoms with E-state index in [1.807, 2.05) is 0 Å². The Kier molecular flexibility index (Phi) is 7.30. The van der Waals surface area contributed by atoms with Gasteiger partial charge in [-0.1, -0.05) is 38.7 Å². The van der Waals surface area contributed by atoms with Crippen molar-refractivity contribution in [3.63, 3.8) is 0 Å². The molecule has 0 aliphatic heterocycles. The molecular weight excluding hydrogens is 276 g/mol. The molecule has 1 N–H and O–H groups in total. The van der Waals surface area contributed by atoms with E-state index in [4.69, 9.17) is 4.74 Å². The normalized spacial score (nSPS) is 13.7. The Morgan fingerprint density at radius 3 is 2.70 bits per heavy atom. The van der Waals surface area contributed by atoms with Crippen molar-refractivity contribution < 1.29 is 18.8 Å². The molecule has 0 spiro atoms. The van der Waals surface area contributed by atoms with Crippen LogP contribution >= 0.6 is 0 Å². The van der Waals surface area contributed by atoms with Gasteiger partial charge in [-0.2, -0.15) is 0 Å². The van der Waals surface area contributed by atoms with Gasteiger partial charge in [0.2, 0.25) is 0 Å². The van der Waals surface area contributed by atoms with Gasteiger partial charge >= 0.3 is 5.97 Å². The molecule has 0 amide bonds. The number of hydrogen-bond acceptors (Lipinski definition) is 3. The summed E-state index contributed by atoms with van der Waals surface area (Å²) >= 11 is 0. The second-order valence-corrected chi connectivity index (χ2v) is 6.29. The quantitative estimate of drug-likeness (QED) is 0.711. The van der Waals surface area contributed by atoms with Crippen LogP contribution in [0.25, 0.3) is 0 Å². The SMILES string of the molecule is CCCCCCC(C(=O)O)S(=O)c1cccc(OC)c1. The zero-order valence-corrected chi connectivity index (χ0v) is 12.8. The fourth-order valence-electron chi connectivity index (χ4n) is 1.97. The first kappa shape index (κ1) is 16.7. The fourth-order valence-corrected chi connectivity index (χ4v) is 3.31. The summed E-state index contributed by atoms with van der Waals surface area (Å²) in [5.74, 6) is -0.409. The van der Waals surface area contributed by atoms with Crippen LogP contribution in [0.3, 0.4) is 0 Å². The number of hydrogen-bond donors (Lipinski definition) is 1. The Hall–Kier alpha value is -1.36. The van der Waals surface area contributed by atoms with Crippen molar-refractivity contribution in [3.8, 4) is 5.75 Å². The molecule has 20 heavy (non-hydrogen) atoms. The number of benzene rings is 1. The van der Waals surface area contributed by atoms with Gasteiger partial charge in [0.15, 0.2) is 0 Å². The van der Waals surface area contributed by atoms with E-state index in [1.54, 1.807) is 24.3 Å². The van der Waals surface area contributed by atoms with Gasteiger partial charge in [0.05, 0.1) is 17.9 Å². The molecule has 0 bridgehead atoms. The van der Waals surface area contributed by atoms with Crippen molar-refractivity contribution >= 4 is 16.8 Å². The lowest BCUT2D eigenvalue weighted by atomic mass is 10.1. The summed E-state index contributed by atoms with van der Waals surface area (Å²) in [5, 5.41) is 8.42. The highest BCUT2D eigenvalue weighted by atomic mass is 32.2. The van der Waals surface area contributed by atoms with Crippen molar-refractivity contribution in [2.45, 2.75) is 49.2 Å². The van der Waals surface area contributed by atoms with E-state index in [2.05, 4.69) is 6.92 Å². The van der Waals surface area contributed by atoms with Crippen LogP contribution in [0, 0.1) is 0 Å². The average Bonchev–Trinajstić information content (AvgIpc) is 2.46. The maximum atomic E-state index is 12.4. The van der Waals surface area contributed by atoms with Gasteiger partial charge < -0.3 is 9.84 Å². The molecule has 0 radical (unpaired) electrons. The largest absolute Gasteiger partial charge is 0.497 e. The van der Waals surface area contributed by atoms with E-state index in [-0.39, 0.29) is 0 Å². The zero-order valence-electron chi connectivity index (χ0n) is 12.0. The summed E-state index contributed by atoms with van der Waals surface area (Å²) in [5.41, 5.74) is 0. The van der Waals surface area contributed by atoms with E-state index >= 15 is 0 Å². The highest BCUT2D eigenvalue weighted by Crippen LogP contribution is 2.21. The summed E-state index contributed by atoms with van der Waals surface area (Å²) in [6.07, 6.45) is 4.39. The van der Waals surface area contributed by atoms with Crippen LogP contribution in [0.15, 0.2) is 29.2 Å². The first-order chi connectivity index (χ1) is 9.60. The third kappa shape index (κ3) is 4.96. The number of unbranched alkanes of at least 4 members (excludes halogenated alkanes) is 3. The number of rotatable bonds is 9. The maximum absolute atomic E-state index is 12.4. The molecule has 1 aromatic rings. The van der Waals surface area contributed by atoms with Crippen LogP contribution < -0.4 is 4.74 Å². The fraction of sp³-hybridized carbons (Fsp3) is 0.533. The van der Waals surface area contributed by atoms with Crippen LogP contribution in [0.5, 0.6) is 5.75 Å². The molecule has 2 atom stereocenters. The average molecular weight is 298 g/mol. The van der Waals surface area contributed by atoms with Crippen LogP contribution in [-0.2, 0) is 15.6 Å². The van der Waals surface area contributed by atoms with E-state index < -0.39 is 22.0 Å². The van der Waals surface area contributed by atoms with Gasteiger partial charge in [0, 0.05) is 4.90 Å². The third-order valence-electron chi connectivity index (χ3n) is 3.13. The second-order valence-electron chi connectivity index (χ2n) is 4.65. The number of aliphatic carboxylic acids is 1. The maximum Gasteiger partial charge on any atom is 0.319 e. The van der Waals surface area contributed by atoms with Crippen LogP contribution in [-0.4, -0.2) is 27.6 Å². The lowest BCUT2D eigenvalue weighted by molar-refractivity contribution is -0.136. The summed E-state index contributed by atoms with van der Waals surface area (Å²) < 4.78 is 17.5. The Bertz CT molecular complexity index is 459. The lowest BCUT2D eigenvalue weighted by Crippen LogP contribution is -2.25. The molecule has 0 saturated carbocycles. The van der Waals surface area contributed by atoms with Gasteiger partial charge in [-0.05, 0) is 24.6 Å². The first-order valence-electron chi connectivity index (χ1n) is 6.87. The first-order valence-corrected chi connectivity index (χ1v) is 8.08. The molecule has 2 unspecified atom stereocenters. The Morgan fingerprint density at radius 1 is 1.35 bits per heavy atom. The second kappa shape index (κ2) is 8.74. The molecule has 0 aromatic heterocycles. The monoisotopic (exact) mass is 298 g/mol. The number of carboxylic acid groups (broad SMARTS) is 1. The molecular formula is C15H22O4S. The molecule has 0 heterocycles. The minimum atomic E-state index is -1.55. The van der Waals surface area contributed by atoms with Gasteiger partial charge in [-0.3, -0.25) is 9.00 Å². The van der Waals surface area contributed by atoms with Gasteiger partial charge in [0.1, 0.15) is 11.0 Å². The molecule has 1 aromatic carbocycles. The van der Waals surface area contributed by atoms with E-state index in [9.17, 15) is 14.1 Å². The summed E-state index contributed by atoms with van der Waals surface area (Å²) in [6, 6.07) is 6.79. The minimum Gasteiger partial charge on any atom is -0.497 e. The Balaban J connectivity index is 2.74. The Morgan fingerprint density at radius 2 is 2.10 bits per heavy atom. The molecule has 0 fully saturated rings. The molecule has 0 aliphatic rings. The standard InChI is InChI=1S/C15H22O4S/c1-3-4-5-6-10-14(15(16)17)20(18)13-9-7-8-12(11-13)19-2/h7-9,11,14H,3-6,10H2,1-2H3,(H,16,17). The van der Waals surface area contributed by atoms with Crippen molar-refractivity contribution in [2.24, 2.45) is 0 Å². The lowest BCUT2D eigenvalue weighted by Gasteiger charge is -2.12. The molecule has 4 nitrogen and oxygen atoms in total. The highest BCUT2D eigenvalue weighted by Gasteiger charge is 2.25. The number of carbonyl (C=O) groups is 1. The Labute approximate surface area is 122 Å². The number of methoxy groups -OCH3 is 1. The van der Waals surface area contributed by atoms with Crippen molar-refractivity contribution in [1.29, 1.82) is 0 Å². The molecule has 112 valence electrons. The molecule has 0 aliphatic carbocycles. The van der Waals surface area contributed by atoms with Gasteiger partial charge in [0.25, 0.3) is 0 Å². The van der Waals surface area contributed by atoms with Crippen LogP contribution in [0.1, 0.15) is 39.0 Å². The van der Waals surface area contributed by atoms with Gasteiger partial charge in [-0.25, -0.2) is 0 Å². The number of ether oxygens (including phenoxy) is 1. The smallest absolute Gasteiger partial charge is 0.319 e. The van der Waals surface area contributed by atoms with Crippen LogP contribution in [0.2, 0.25) is 0 Å². The third-order valence-corrected chi connectivity index (χ3v) is 4.80. The highest BCUT2D eigenvalue weighted by molar-refractivity contribution is 7.86. The predicted molar refractivity (Wildman–Crippen MR) is 79.6 cm³/mol. The van der Waals surface area contributed by atoms with Crippen LogP contribution in [0.4, 0.5) is 0 Å². The summed E-state index contributed by atoms with van der Waals surface area (Å²) in [4.78, 5) is 11.8. The van der Waals surface area contributed by atoms with E-state index in [0.717, 1.165) is 25.7 Å². The number of carboxylic acids is 1. The van der Waals surface area contributed by atoms with Crippen molar-refractivity contribution in [1.82, 2.24) is 0 Å². The minimum absolute atomic E-state index is 0.444. The van der Waals surface area contributed by atoms with E-state index in [1.165, 1.54) is 7.11 Å². The van der Waals surface area contributed by atoms with E-state index in [0.29, 0.717) is 17.1 Å². The van der Waals surface area contributed by atoms with Crippen molar-refractivity contribution in [2.75, 3.05) is 7.11 Å².